The van der Waals surface area contributed by atoms with E-state index >= 15 is 0 Å². The highest BCUT2D eigenvalue weighted by molar-refractivity contribution is 4.78. The number of hydrogen-bond acceptors (Lipinski definition) is 3. The molecule has 1 N–H and O–H groups in total. The summed E-state index contributed by atoms with van der Waals surface area (Å²) < 4.78 is 10.0. The first-order valence-corrected chi connectivity index (χ1v) is 3.38. The lowest BCUT2D eigenvalue weighted by Crippen LogP contribution is -2.47. The molecular formula is C6H11NO2. The molecule has 2 heterocycles. The fourth-order valence-electron chi connectivity index (χ4n) is 0.838. The third kappa shape index (κ3) is 1.41. The smallest absolute Gasteiger partial charge is 0.0934 e. The molecule has 1 atom stereocenters. The summed E-state index contributed by atoms with van der Waals surface area (Å²) in [6.45, 7) is 3.72. The Balaban J connectivity index is 1.55. The van der Waals surface area contributed by atoms with Gasteiger partial charge in [0.2, 0.25) is 0 Å². The van der Waals surface area contributed by atoms with Crippen molar-refractivity contribution in [3.8, 4) is 0 Å². The third-order valence-corrected chi connectivity index (χ3v) is 1.67. The number of rotatable bonds is 3. The standard InChI is InChI=1S/C6H11NO2/c1(6-4-9-6)7-5-2-8-3-5/h5-7H,1-4H2. The van der Waals surface area contributed by atoms with Gasteiger partial charge in [-0.15, -0.1) is 0 Å². The number of nitrogens with one attached hydrogen (secondary N) is 1. The van der Waals surface area contributed by atoms with Crippen molar-refractivity contribution in [1.29, 1.82) is 0 Å². The van der Waals surface area contributed by atoms with E-state index in [2.05, 4.69) is 5.32 Å². The van der Waals surface area contributed by atoms with E-state index in [0.717, 1.165) is 26.4 Å². The molecule has 2 fully saturated rings. The monoisotopic (exact) mass is 129 g/mol. The van der Waals surface area contributed by atoms with Crippen LogP contribution in [-0.2, 0) is 9.47 Å². The molecule has 0 spiro atoms. The van der Waals surface area contributed by atoms with Gasteiger partial charge in [-0.2, -0.15) is 0 Å². The van der Waals surface area contributed by atoms with Crippen LogP contribution < -0.4 is 5.32 Å². The Morgan fingerprint density at radius 2 is 2.11 bits per heavy atom. The van der Waals surface area contributed by atoms with Crippen molar-refractivity contribution < 1.29 is 9.47 Å². The van der Waals surface area contributed by atoms with Crippen LogP contribution in [0.3, 0.4) is 0 Å². The van der Waals surface area contributed by atoms with Crippen LogP contribution in [-0.4, -0.2) is 38.5 Å². The second-order valence-electron chi connectivity index (χ2n) is 2.60. The largest absolute Gasteiger partial charge is 0.378 e. The molecule has 0 radical (unpaired) electrons. The van der Waals surface area contributed by atoms with Crippen molar-refractivity contribution >= 4 is 0 Å². The molecule has 2 aliphatic rings. The zero-order valence-electron chi connectivity index (χ0n) is 5.30. The Morgan fingerprint density at radius 1 is 1.33 bits per heavy atom. The molecule has 0 aliphatic carbocycles. The zero-order valence-corrected chi connectivity index (χ0v) is 5.30. The minimum absolute atomic E-state index is 0.505. The van der Waals surface area contributed by atoms with Crippen molar-refractivity contribution in [2.24, 2.45) is 0 Å². The van der Waals surface area contributed by atoms with Gasteiger partial charge in [0.1, 0.15) is 0 Å². The molecule has 0 bridgehead atoms. The van der Waals surface area contributed by atoms with Crippen molar-refractivity contribution in [3.63, 3.8) is 0 Å². The van der Waals surface area contributed by atoms with Crippen molar-refractivity contribution in [2.75, 3.05) is 26.4 Å². The molecule has 0 saturated carbocycles. The summed E-state index contributed by atoms with van der Waals surface area (Å²) in [6, 6.07) is 0.606. The van der Waals surface area contributed by atoms with E-state index in [9.17, 15) is 0 Å². The quantitative estimate of drug-likeness (QED) is 0.515. The minimum atomic E-state index is 0.505. The highest BCUT2D eigenvalue weighted by Gasteiger charge is 2.25. The number of hydrogen-bond donors (Lipinski definition) is 1. The molecule has 2 aliphatic heterocycles. The van der Waals surface area contributed by atoms with E-state index in [1.807, 2.05) is 0 Å². The van der Waals surface area contributed by atoms with Gasteiger partial charge in [-0.25, -0.2) is 0 Å². The van der Waals surface area contributed by atoms with Gasteiger partial charge in [-0.1, -0.05) is 0 Å². The highest BCUT2D eigenvalue weighted by atomic mass is 16.6. The second kappa shape index (κ2) is 2.25. The summed E-state index contributed by atoms with van der Waals surface area (Å²) in [5, 5.41) is 3.33. The van der Waals surface area contributed by atoms with Gasteiger partial charge >= 0.3 is 0 Å². The van der Waals surface area contributed by atoms with Crippen LogP contribution in [0.4, 0.5) is 0 Å². The van der Waals surface area contributed by atoms with Gasteiger partial charge in [0, 0.05) is 6.54 Å². The summed E-state index contributed by atoms with van der Waals surface area (Å²) in [5.74, 6) is 0. The topological polar surface area (TPSA) is 33.8 Å². The molecule has 1 unspecified atom stereocenters. The van der Waals surface area contributed by atoms with E-state index in [4.69, 9.17) is 9.47 Å². The highest BCUT2D eigenvalue weighted by Crippen LogP contribution is 2.08. The molecular weight excluding hydrogens is 118 g/mol. The van der Waals surface area contributed by atoms with E-state index < -0.39 is 0 Å². The summed E-state index contributed by atoms with van der Waals surface area (Å²) in [4.78, 5) is 0. The molecule has 0 aromatic carbocycles. The van der Waals surface area contributed by atoms with Crippen LogP contribution >= 0.6 is 0 Å². The number of epoxide rings is 1. The summed E-state index contributed by atoms with van der Waals surface area (Å²) in [6.07, 6.45) is 0.505. The lowest BCUT2D eigenvalue weighted by atomic mass is 10.2. The fraction of sp³-hybridized carbons (Fsp3) is 1.00. The van der Waals surface area contributed by atoms with E-state index in [1.165, 1.54) is 0 Å². The number of ether oxygens (including phenoxy) is 2. The van der Waals surface area contributed by atoms with Gasteiger partial charge in [-0.3, -0.25) is 0 Å². The predicted octanol–water partition coefficient (Wildman–Crippen LogP) is -0.626. The average Bonchev–Trinajstić information content (AvgIpc) is 2.44. The fourth-order valence-corrected chi connectivity index (χ4v) is 0.838. The van der Waals surface area contributed by atoms with Crippen LogP contribution in [0.2, 0.25) is 0 Å². The molecule has 0 aromatic heterocycles. The Kier molecular flexibility index (Phi) is 1.41. The van der Waals surface area contributed by atoms with E-state index in [0.29, 0.717) is 12.1 Å². The Morgan fingerprint density at radius 3 is 2.56 bits per heavy atom. The van der Waals surface area contributed by atoms with Gasteiger partial charge in [0.05, 0.1) is 32.0 Å². The summed E-state index contributed by atoms with van der Waals surface area (Å²) >= 11 is 0. The molecule has 9 heavy (non-hydrogen) atoms. The van der Waals surface area contributed by atoms with E-state index in [1.54, 1.807) is 0 Å². The summed E-state index contributed by atoms with van der Waals surface area (Å²) in [7, 11) is 0. The minimum Gasteiger partial charge on any atom is -0.378 e. The van der Waals surface area contributed by atoms with Crippen LogP contribution in [0.1, 0.15) is 0 Å². The van der Waals surface area contributed by atoms with Crippen molar-refractivity contribution in [1.82, 2.24) is 5.32 Å². The van der Waals surface area contributed by atoms with Crippen LogP contribution in [0.25, 0.3) is 0 Å². The second-order valence-corrected chi connectivity index (χ2v) is 2.60. The normalized spacial score (nSPS) is 34.0. The molecule has 3 heteroatoms. The van der Waals surface area contributed by atoms with E-state index in [-0.39, 0.29) is 0 Å². The third-order valence-electron chi connectivity index (χ3n) is 1.67. The average molecular weight is 129 g/mol. The van der Waals surface area contributed by atoms with Gasteiger partial charge in [0.15, 0.2) is 0 Å². The van der Waals surface area contributed by atoms with Gasteiger partial charge in [0.25, 0.3) is 0 Å². The molecule has 0 aromatic rings. The lowest BCUT2D eigenvalue weighted by Gasteiger charge is -2.26. The first-order valence-electron chi connectivity index (χ1n) is 3.38. The Hall–Kier alpha value is -0.120. The molecule has 52 valence electrons. The Labute approximate surface area is 54.3 Å². The lowest BCUT2D eigenvalue weighted by molar-refractivity contribution is -0.00542. The van der Waals surface area contributed by atoms with Crippen LogP contribution in [0.15, 0.2) is 0 Å². The molecule has 2 rings (SSSR count). The molecule has 2 saturated heterocycles. The predicted molar refractivity (Wildman–Crippen MR) is 32.3 cm³/mol. The van der Waals surface area contributed by atoms with Crippen molar-refractivity contribution in [3.05, 3.63) is 0 Å². The van der Waals surface area contributed by atoms with Crippen LogP contribution in [0.5, 0.6) is 0 Å². The van der Waals surface area contributed by atoms with Crippen molar-refractivity contribution in [2.45, 2.75) is 12.1 Å². The SMILES string of the molecule is C1OCC1NCC1CO1. The Bertz CT molecular complexity index is 99.2. The summed E-state index contributed by atoms with van der Waals surface area (Å²) in [5.41, 5.74) is 0. The maximum Gasteiger partial charge on any atom is 0.0934 e. The molecule has 3 nitrogen and oxygen atoms in total. The molecule has 0 amide bonds. The first-order chi connectivity index (χ1) is 4.45. The van der Waals surface area contributed by atoms with Gasteiger partial charge < -0.3 is 14.8 Å². The maximum atomic E-state index is 5.02. The van der Waals surface area contributed by atoms with Crippen LogP contribution in [0, 0.1) is 0 Å². The van der Waals surface area contributed by atoms with Gasteiger partial charge in [-0.05, 0) is 0 Å². The zero-order chi connectivity index (χ0) is 6.10. The maximum absolute atomic E-state index is 5.02. The first kappa shape index (κ1) is 5.65.